The Morgan fingerprint density at radius 2 is 1.96 bits per heavy atom. The minimum Gasteiger partial charge on any atom is -0.465 e. The van der Waals surface area contributed by atoms with Crippen LogP contribution in [0.2, 0.25) is 0 Å². The van der Waals surface area contributed by atoms with Crippen molar-refractivity contribution in [3.8, 4) is 11.1 Å². The summed E-state index contributed by atoms with van der Waals surface area (Å²) in [4.78, 5) is 12.8. The molecule has 1 aliphatic rings. The zero-order valence-corrected chi connectivity index (χ0v) is 14.9. The smallest absolute Gasteiger partial charge is 0.348 e. The Morgan fingerprint density at radius 3 is 2.65 bits per heavy atom. The van der Waals surface area contributed by atoms with Gasteiger partial charge in [0.05, 0.1) is 12.7 Å². The van der Waals surface area contributed by atoms with Crippen LogP contribution in [0.4, 0.5) is 0 Å². The zero-order chi connectivity index (χ0) is 16.4. The van der Waals surface area contributed by atoms with Crippen LogP contribution in [0.25, 0.3) is 11.1 Å². The number of ether oxygens (including phenoxy) is 1. The van der Waals surface area contributed by atoms with E-state index in [1.165, 1.54) is 55.3 Å². The molecule has 0 N–H and O–H groups in total. The summed E-state index contributed by atoms with van der Waals surface area (Å²) in [6, 6.07) is 4.27. The highest BCUT2D eigenvalue weighted by Crippen LogP contribution is 2.40. The van der Waals surface area contributed by atoms with E-state index in [4.69, 9.17) is 4.74 Å². The predicted molar refractivity (Wildman–Crippen MR) is 92.6 cm³/mol. The van der Waals surface area contributed by atoms with Gasteiger partial charge in [0, 0.05) is 11.6 Å². The summed E-state index contributed by atoms with van der Waals surface area (Å²) in [5, 5.41) is 1.97. The SMILES string of the molecule is COC(=O)c1sccc1-c1c[n+](C)ccc1C1CCC(C)CC1. The molecule has 0 amide bonds. The van der Waals surface area contributed by atoms with Gasteiger partial charge in [-0.2, -0.15) is 0 Å². The van der Waals surface area contributed by atoms with Crippen molar-refractivity contribution in [2.75, 3.05) is 7.11 Å². The fourth-order valence-electron chi connectivity index (χ4n) is 3.53. The van der Waals surface area contributed by atoms with Crippen LogP contribution in [0.15, 0.2) is 29.9 Å². The molecule has 122 valence electrons. The number of aromatic nitrogens is 1. The lowest BCUT2D eigenvalue weighted by Crippen LogP contribution is -2.28. The van der Waals surface area contributed by atoms with Crippen LogP contribution in [0.3, 0.4) is 0 Å². The van der Waals surface area contributed by atoms with Gasteiger partial charge in [0.1, 0.15) is 11.9 Å². The van der Waals surface area contributed by atoms with Gasteiger partial charge in [-0.25, -0.2) is 9.36 Å². The van der Waals surface area contributed by atoms with Crippen molar-refractivity contribution >= 4 is 17.3 Å². The van der Waals surface area contributed by atoms with Crippen molar-refractivity contribution in [3.05, 3.63) is 40.3 Å². The summed E-state index contributed by atoms with van der Waals surface area (Å²) in [5.41, 5.74) is 3.56. The average Bonchev–Trinajstić information content (AvgIpc) is 3.04. The van der Waals surface area contributed by atoms with Crippen LogP contribution < -0.4 is 4.57 Å². The van der Waals surface area contributed by atoms with Gasteiger partial charge in [0.25, 0.3) is 0 Å². The topological polar surface area (TPSA) is 30.2 Å². The van der Waals surface area contributed by atoms with Gasteiger partial charge in [-0.05, 0) is 41.7 Å². The Kier molecular flexibility index (Phi) is 4.81. The number of nitrogens with zero attached hydrogens (tertiary/aromatic N) is 1. The van der Waals surface area contributed by atoms with Gasteiger partial charge in [-0.3, -0.25) is 0 Å². The minimum absolute atomic E-state index is 0.246. The van der Waals surface area contributed by atoms with Crippen molar-refractivity contribution < 1.29 is 14.1 Å². The van der Waals surface area contributed by atoms with E-state index in [-0.39, 0.29) is 5.97 Å². The Balaban J connectivity index is 2.04. The van der Waals surface area contributed by atoms with E-state index in [1.54, 1.807) is 0 Å². The molecule has 1 saturated carbocycles. The van der Waals surface area contributed by atoms with Gasteiger partial charge < -0.3 is 4.74 Å². The first kappa shape index (κ1) is 16.2. The maximum absolute atomic E-state index is 12.1. The van der Waals surface area contributed by atoms with Crippen molar-refractivity contribution in [1.82, 2.24) is 0 Å². The highest BCUT2D eigenvalue weighted by atomic mass is 32.1. The summed E-state index contributed by atoms with van der Waals surface area (Å²) >= 11 is 1.45. The van der Waals surface area contributed by atoms with Gasteiger partial charge in [-0.1, -0.05) is 19.8 Å². The number of pyridine rings is 1. The molecule has 0 atom stereocenters. The van der Waals surface area contributed by atoms with Gasteiger partial charge in [0.2, 0.25) is 0 Å². The number of rotatable bonds is 3. The molecule has 3 rings (SSSR count). The molecular formula is C19H24NO2S+. The summed E-state index contributed by atoms with van der Waals surface area (Å²) in [7, 11) is 3.47. The maximum Gasteiger partial charge on any atom is 0.348 e. The zero-order valence-electron chi connectivity index (χ0n) is 14.0. The molecule has 23 heavy (non-hydrogen) atoms. The molecule has 0 aromatic carbocycles. The largest absolute Gasteiger partial charge is 0.465 e. The van der Waals surface area contributed by atoms with Crippen LogP contribution in [0.1, 0.15) is 53.8 Å². The number of carbonyl (C=O) groups is 1. The van der Waals surface area contributed by atoms with E-state index >= 15 is 0 Å². The second kappa shape index (κ2) is 6.83. The van der Waals surface area contributed by atoms with Gasteiger partial charge >= 0.3 is 5.97 Å². The number of esters is 1. The number of thiophene rings is 1. The molecule has 0 unspecified atom stereocenters. The lowest BCUT2D eigenvalue weighted by molar-refractivity contribution is -0.671. The van der Waals surface area contributed by atoms with Crippen molar-refractivity contribution in [2.24, 2.45) is 13.0 Å². The third kappa shape index (κ3) is 3.32. The minimum atomic E-state index is -0.246. The van der Waals surface area contributed by atoms with E-state index in [2.05, 4.69) is 30.0 Å². The second-order valence-electron chi connectivity index (χ2n) is 6.59. The lowest BCUT2D eigenvalue weighted by atomic mass is 9.78. The third-order valence-electron chi connectivity index (χ3n) is 4.91. The van der Waals surface area contributed by atoms with Crippen molar-refractivity contribution in [2.45, 2.75) is 38.5 Å². The molecule has 3 nitrogen and oxygen atoms in total. The molecule has 4 heteroatoms. The Morgan fingerprint density at radius 1 is 1.22 bits per heavy atom. The number of methoxy groups -OCH3 is 1. The van der Waals surface area contributed by atoms with E-state index in [9.17, 15) is 4.79 Å². The molecule has 0 saturated heterocycles. The first-order chi connectivity index (χ1) is 11.1. The van der Waals surface area contributed by atoms with E-state index in [0.29, 0.717) is 10.8 Å². The third-order valence-corrected chi connectivity index (χ3v) is 5.81. The standard InChI is InChI=1S/C19H24NO2S/c1-13-4-6-14(7-5-13)15-8-10-20(2)12-17(15)16-9-11-23-18(16)19(21)22-3/h8-14H,4-7H2,1-3H3/q+1. The molecule has 2 heterocycles. The molecule has 0 bridgehead atoms. The first-order valence-electron chi connectivity index (χ1n) is 8.25. The van der Waals surface area contributed by atoms with Crippen molar-refractivity contribution in [1.29, 1.82) is 0 Å². The Bertz CT molecular complexity index is 699. The quantitative estimate of drug-likeness (QED) is 0.620. The average molecular weight is 330 g/mol. The summed E-state index contributed by atoms with van der Waals surface area (Å²) in [6.07, 6.45) is 9.30. The fourth-order valence-corrected chi connectivity index (χ4v) is 4.36. The summed E-state index contributed by atoms with van der Waals surface area (Å²) in [5.74, 6) is 1.18. The molecule has 2 aromatic heterocycles. The highest BCUT2D eigenvalue weighted by molar-refractivity contribution is 7.12. The van der Waals surface area contributed by atoms with Crippen LogP contribution in [-0.2, 0) is 11.8 Å². The molecule has 0 spiro atoms. The van der Waals surface area contributed by atoms with E-state index in [0.717, 1.165) is 11.5 Å². The van der Waals surface area contributed by atoms with Crippen LogP contribution in [-0.4, -0.2) is 13.1 Å². The first-order valence-corrected chi connectivity index (χ1v) is 9.13. The second-order valence-corrected chi connectivity index (χ2v) is 7.51. The monoisotopic (exact) mass is 330 g/mol. The number of hydrogen-bond acceptors (Lipinski definition) is 3. The van der Waals surface area contributed by atoms with E-state index in [1.807, 2.05) is 18.5 Å². The maximum atomic E-state index is 12.1. The van der Waals surface area contributed by atoms with Gasteiger partial charge in [0.15, 0.2) is 12.4 Å². The number of carbonyl (C=O) groups excluding carboxylic acids is 1. The molecule has 0 aliphatic heterocycles. The molecular weight excluding hydrogens is 306 g/mol. The number of aryl methyl sites for hydroxylation is 1. The summed E-state index contributed by atoms with van der Waals surface area (Å²) in [6.45, 7) is 2.34. The number of hydrogen-bond donors (Lipinski definition) is 0. The molecule has 1 aliphatic carbocycles. The highest BCUT2D eigenvalue weighted by Gasteiger charge is 2.26. The molecule has 2 aromatic rings. The Hall–Kier alpha value is -1.68. The Labute approximate surface area is 141 Å². The van der Waals surface area contributed by atoms with Crippen LogP contribution in [0, 0.1) is 5.92 Å². The molecule has 0 radical (unpaired) electrons. The fraction of sp³-hybridized carbons (Fsp3) is 0.474. The van der Waals surface area contributed by atoms with Crippen molar-refractivity contribution in [3.63, 3.8) is 0 Å². The lowest BCUT2D eigenvalue weighted by Gasteiger charge is -2.27. The predicted octanol–water partition coefficient (Wildman–Crippen LogP) is 4.32. The van der Waals surface area contributed by atoms with Crippen LogP contribution >= 0.6 is 11.3 Å². The van der Waals surface area contributed by atoms with Crippen LogP contribution in [0.5, 0.6) is 0 Å². The normalized spacial score (nSPS) is 21.2. The van der Waals surface area contributed by atoms with Gasteiger partial charge in [-0.15, -0.1) is 11.3 Å². The molecule has 1 fully saturated rings. The van der Waals surface area contributed by atoms with E-state index < -0.39 is 0 Å². The summed E-state index contributed by atoms with van der Waals surface area (Å²) < 4.78 is 7.01.